The molecule has 3 rings (SSSR count). The third-order valence-electron chi connectivity index (χ3n) is 4.30. The maximum Gasteiger partial charge on any atom is 0.227 e. The van der Waals surface area contributed by atoms with Gasteiger partial charge in [0.25, 0.3) is 0 Å². The summed E-state index contributed by atoms with van der Waals surface area (Å²) in [5.41, 5.74) is 1.01. The molecule has 0 saturated carbocycles. The Balaban J connectivity index is 1.49. The van der Waals surface area contributed by atoms with Crippen LogP contribution < -0.4 is 0 Å². The van der Waals surface area contributed by atoms with Gasteiger partial charge in [-0.25, -0.2) is 4.98 Å². The summed E-state index contributed by atoms with van der Waals surface area (Å²) in [5, 5.41) is 0.700. The second-order valence-electron chi connectivity index (χ2n) is 6.56. The van der Waals surface area contributed by atoms with Crippen LogP contribution in [-0.2, 0) is 17.8 Å². The maximum absolute atomic E-state index is 12.3. The molecule has 1 aromatic carbocycles. The fourth-order valence-corrected chi connectivity index (χ4v) is 3.16. The van der Waals surface area contributed by atoms with Gasteiger partial charge in [-0.05, 0) is 17.7 Å². The lowest BCUT2D eigenvalue weighted by Crippen LogP contribution is -2.52. The van der Waals surface area contributed by atoms with E-state index < -0.39 is 0 Å². The lowest BCUT2D eigenvalue weighted by Gasteiger charge is -2.40. The average Bonchev–Trinajstić information content (AvgIpc) is 2.93. The number of amides is 1. The van der Waals surface area contributed by atoms with Crippen LogP contribution in [-0.4, -0.2) is 33.4 Å². The standard InChI is InChI=1S/C18H22ClN3O/c1-13(2)18-20-7-8-21(18)10-15-11-22(12-15)17(23)9-14-3-5-16(19)6-4-14/h3-8,13,15H,9-12H2,1-2H3. The highest BCUT2D eigenvalue weighted by Crippen LogP contribution is 2.21. The molecule has 0 spiro atoms. The van der Waals surface area contributed by atoms with Crippen molar-refractivity contribution in [2.75, 3.05) is 13.1 Å². The van der Waals surface area contributed by atoms with E-state index in [2.05, 4.69) is 23.4 Å². The summed E-state index contributed by atoms with van der Waals surface area (Å²) < 4.78 is 2.22. The van der Waals surface area contributed by atoms with Crippen molar-refractivity contribution in [3.05, 3.63) is 53.1 Å². The minimum Gasteiger partial charge on any atom is -0.342 e. The molecule has 0 unspecified atom stereocenters. The number of aromatic nitrogens is 2. The van der Waals surface area contributed by atoms with Gasteiger partial charge in [-0.15, -0.1) is 0 Å². The number of imidazole rings is 1. The molecule has 0 bridgehead atoms. The van der Waals surface area contributed by atoms with E-state index in [1.165, 1.54) is 0 Å². The number of hydrogen-bond donors (Lipinski definition) is 0. The van der Waals surface area contributed by atoms with Crippen LogP contribution >= 0.6 is 11.6 Å². The summed E-state index contributed by atoms with van der Waals surface area (Å²) in [4.78, 5) is 18.6. The molecular weight excluding hydrogens is 310 g/mol. The zero-order valence-electron chi connectivity index (χ0n) is 13.6. The minimum atomic E-state index is 0.193. The van der Waals surface area contributed by atoms with Crippen molar-refractivity contribution in [1.29, 1.82) is 0 Å². The van der Waals surface area contributed by atoms with Gasteiger partial charge in [-0.3, -0.25) is 4.79 Å². The summed E-state index contributed by atoms with van der Waals surface area (Å²) in [7, 11) is 0. The SMILES string of the molecule is CC(C)c1nccn1CC1CN(C(=O)Cc2ccc(Cl)cc2)C1. The van der Waals surface area contributed by atoms with Crippen LogP contribution in [0.3, 0.4) is 0 Å². The summed E-state index contributed by atoms with van der Waals surface area (Å²) in [6.07, 6.45) is 4.34. The Morgan fingerprint density at radius 3 is 2.65 bits per heavy atom. The molecular formula is C18H22ClN3O. The van der Waals surface area contributed by atoms with Crippen LogP contribution in [0.1, 0.15) is 31.2 Å². The number of benzene rings is 1. The fraction of sp³-hybridized carbons (Fsp3) is 0.444. The van der Waals surface area contributed by atoms with Crippen LogP contribution in [0, 0.1) is 5.92 Å². The maximum atomic E-state index is 12.3. The molecule has 2 aromatic rings. The van der Waals surface area contributed by atoms with Crippen molar-refractivity contribution in [3.8, 4) is 0 Å². The highest BCUT2D eigenvalue weighted by atomic mass is 35.5. The number of nitrogens with zero attached hydrogens (tertiary/aromatic N) is 3. The zero-order valence-corrected chi connectivity index (χ0v) is 14.3. The summed E-state index contributed by atoms with van der Waals surface area (Å²) >= 11 is 5.87. The first kappa shape index (κ1) is 16.1. The van der Waals surface area contributed by atoms with Crippen molar-refractivity contribution in [1.82, 2.24) is 14.5 Å². The molecule has 0 atom stereocenters. The fourth-order valence-electron chi connectivity index (χ4n) is 3.03. The van der Waals surface area contributed by atoms with Gasteiger partial charge < -0.3 is 9.47 Å². The lowest BCUT2D eigenvalue weighted by molar-refractivity contribution is -0.137. The first-order valence-electron chi connectivity index (χ1n) is 8.06. The molecule has 1 aliphatic heterocycles. The molecule has 1 saturated heterocycles. The Bertz CT molecular complexity index is 672. The number of halogens is 1. The highest BCUT2D eigenvalue weighted by molar-refractivity contribution is 6.30. The normalized spacial score (nSPS) is 15.0. The van der Waals surface area contributed by atoms with Gasteiger partial charge in [0.1, 0.15) is 5.82 Å². The number of carbonyl (C=O) groups is 1. The molecule has 5 heteroatoms. The van der Waals surface area contributed by atoms with E-state index in [0.29, 0.717) is 23.3 Å². The first-order chi connectivity index (χ1) is 11.0. The molecule has 0 aliphatic carbocycles. The van der Waals surface area contributed by atoms with Crippen LogP contribution in [0.25, 0.3) is 0 Å². The molecule has 1 aromatic heterocycles. The lowest BCUT2D eigenvalue weighted by atomic mass is 9.98. The number of hydrogen-bond acceptors (Lipinski definition) is 2. The largest absolute Gasteiger partial charge is 0.342 e. The van der Waals surface area contributed by atoms with Crippen molar-refractivity contribution < 1.29 is 4.79 Å². The molecule has 4 nitrogen and oxygen atoms in total. The Labute approximate surface area is 142 Å². The number of rotatable bonds is 5. The Morgan fingerprint density at radius 1 is 1.30 bits per heavy atom. The quantitative estimate of drug-likeness (QED) is 0.842. The van der Waals surface area contributed by atoms with Gasteiger partial charge in [-0.1, -0.05) is 37.6 Å². The molecule has 122 valence electrons. The van der Waals surface area contributed by atoms with E-state index in [9.17, 15) is 4.79 Å². The molecule has 23 heavy (non-hydrogen) atoms. The second-order valence-corrected chi connectivity index (χ2v) is 7.00. The molecule has 1 fully saturated rings. The van der Waals surface area contributed by atoms with Gasteiger partial charge in [0, 0.05) is 48.9 Å². The van der Waals surface area contributed by atoms with E-state index in [1.807, 2.05) is 41.6 Å². The van der Waals surface area contributed by atoms with Gasteiger partial charge in [0.2, 0.25) is 5.91 Å². The van der Waals surface area contributed by atoms with Crippen LogP contribution in [0.4, 0.5) is 0 Å². The Kier molecular flexibility index (Phi) is 4.71. The van der Waals surface area contributed by atoms with Crippen molar-refractivity contribution in [2.24, 2.45) is 5.92 Å². The molecule has 1 aliphatic rings. The predicted molar refractivity (Wildman–Crippen MR) is 91.5 cm³/mol. The third kappa shape index (κ3) is 3.75. The van der Waals surface area contributed by atoms with Crippen molar-refractivity contribution >= 4 is 17.5 Å². The summed E-state index contributed by atoms with van der Waals surface area (Å²) in [6, 6.07) is 7.49. The first-order valence-corrected chi connectivity index (χ1v) is 8.44. The monoisotopic (exact) mass is 331 g/mol. The van der Waals surface area contributed by atoms with Crippen molar-refractivity contribution in [3.63, 3.8) is 0 Å². The predicted octanol–water partition coefficient (Wildman–Crippen LogP) is 3.36. The number of carbonyl (C=O) groups excluding carboxylic acids is 1. The zero-order chi connectivity index (χ0) is 16.4. The summed E-state index contributed by atoms with van der Waals surface area (Å²) in [6.45, 7) is 6.92. The molecule has 1 amide bonds. The van der Waals surface area contributed by atoms with Gasteiger partial charge in [0.05, 0.1) is 6.42 Å². The number of likely N-dealkylation sites (tertiary alicyclic amines) is 1. The third-order valence-corrected chi connectivity index (χ3v) is 4.55. The molecule has 2 heterocycles. The Morgan fingerprint density at radius 2 is 2.00 bits per heavy atom. The van der Waals surface area contributed by atoms with E-state index in [4.69, 9.17) is 11.6 Å². The Hall–Kier alpha value is -1.81. The topological polar surface area (TPSA) is 38.1 Å². The van der Waals surface area contributed by atoms with Crippen LogP contribution in [0.2, 0.25) is 5.02 Å². The average molecular weight is 332 g/mol. The molecule has 0 radical (unpaired) electrons. The smallest absolute Gasteiger partial charge is 0.227 e. The van der Waals surface area contributed by atoms with Gasteiger partial charge >= 0.3 is 0 Å². The molecule has 0 N–H and O–H groups in total. The van der Waals surface area contributed by atoms with Crippen LogP contribution in [0.15, 0.2) is 36.7 Å². The summed E-state index contributed by atoms with van der Waals surface area (Å²) in [5.74, 6) is 2.26. The van der Waals surface area contributed by atoms with E-state index >= 15 is 0 Å². The second kappa shape index (κ2) is 6.75. The van der Waals surface area contributed by atoms with E-state index in [1.54, 1.807) is 0 Å². The van der Waals surface area contributed by atoms with E-state index in [0.717, 1.165) is 31.0 Å². The highest BCUT2D eigenvalue weighted by Gasteiger charge is 2.31. The van der Waals surface area contributed by atoms with Crippen molar-refractivity contribution in [2.45, 2.75) is 32.7 Å². The minimum absolute atomic E-state index is 0.193. The van der Waals surface area contributed by atoms with E-state index in [-0.39, 0.29) is 5.91 Å². The van der Waals surface area contributed by atoms with Gasteiger partial charge in [0.15, 0.2) is 0 Å². The van der Waals surface area contributed by atoms with Gasteiger partial charge in [-0.2, -0.15) is 0 Å². The van der Waals surface area contributed by atoms with Crippen LogP contribution in [0.5, 0.6) is 0 Å².